The third-order valence-electron chi connectivity index (χ3n) is 2.34. The molecule has 0 spiro atoms. The topological polar surface area (TPSA) is 46.9 Å². The molecule has 4 nitrogen and oxygen atoms in total. The van der Waals surface area contributed by atoms with Gasteiger partial charge in [-0.1, -0.05) is 6.07 Å². The van der Waals surface area contributed by atoms with Crippen molar-refractivity contribution < 1.29 is 9.18 Å². The number of anilines is 1. The fourth-order valence-electron chi connectivity index (χ4n) is 1.47. The van der Waals surface area contributed by atoms with E-state index in [1.807, 2.05) is 6.92 Å². The average Bonchev–Trinajstić information content (AvgIpc) is 2.70. The van der Waals surface area contributed by atoms with E-state index in [0.717, 1.165) is 0 Å². The third kappa shape index (κ3) is 2.76. The number of aryl methyl sites for hydroxylation is 1. The average molecular weight is 312 g/mol. The maximum absolute atomic E-state index is 13.0. The Labute approximate surface area is 112 Å². The number of carbonyl (C=O) groups excluding carboxylic acids is 1. The molecule has 0 saturated heterocycles. The van der Waals surface area contributed by atoms with Gasteiger partial charge in [-0.3, -0.25) is 9.48 Å². The lowest BCUT2D eigenvalue weighted by Crippen LogP contribution is -2.13. The van der Waals surface area contributed by atoms with Crippen molar-refractivity contribution in [2.75, 3.05) is 5.32 Å². The number of hydrogen-bond acceptors (Lipinski definition) is 2. The summed E-state index contributed by atoms with van der Waals surface area (Å²) in [4.78, 5) is 11.9. The highest BCUT2D eigenvalue weighted by Crippen LogP contribution is 2.17. The first-order valence-corrected chi connectivity index (χ1v) is 6.19. The van der Waals surface area contributed by atoms with Crippen molar-refractivity contribution in [2.45, 2.75) is 13.5 Å². The quantitative estimate of drug-likeness (QED) is 0.947. The summed E-state index contributed by atoms with van der Waals surface area (Å²) in [7, 11) is 0. The summed E-state index contributed by atoms with van der Waals surface area (Å²) >= 11 is 3.27. The minimum atomic E-state index is -0.397. The van der Waals surface area contributed by atoms with Crippen LogP contribution in [0, 0.1) is 5.82 Å². The van der Waals surface area contributed by atoms with E-state index in [9.17, 15) is 9.18 Å². The van der Waals surface area contributed by atoms with Crippen molar-refractivity contribution in [1.82, 2.24) is 9.78 Å². The molecule has 1 N–H and O–H groups in total. The van der Waals surface area contributed by atoms with Crippen molar-refractivity contribution in [1.29, 1.82) is 0 Å². The van der Waals surface area contributed by atoms with Crippen LogP contribution in [0.15, 0.2) is 34.9 Å². The zero-order valence-electron chi connectivity index (χ0n) is 9.65. The fourth-order valence-corrected chi connectivity index (χ4v) is 1.97. The predicted octanol–water partition coefficient (Wildman–Crippen LogP) is 3.06. The Hall–Kier alpha value is -1.69. The van der Waals surface area contributed by atoms with Crippen LogP contribution in [0.5, 0.6) is 0 Å². The molecule has 0 aliphatic rings. The summed E-state index contributed by atoms with van der Waals surface area (Å²) in [5.41, 5.74) is 0.680. The number of amides is 1. The summed E-state index contributed by atoms with van der Waals surface area (Å²) in [6, 6.07) is 5.72. The number of benzene rings is 1. The second kappa shape index (κ2) is 5.30. The molecular weight excluding hydrogens is 301 g/mol. The SMILES string of the molecule is CCn1cc(Br)c(C(=O)Nc2cccc(F)c2)n1. The maximum Gasteiger partial charge on any atom is 0.277 e. The molecule has 1 heterocycles. The number of nitrogens with zero attached hydrogens (tertiary/aromatic N) is 2. The molecule has 0 aliphatic carbocycles. The minimum absolute atomic E-state index is 0.279. The highest BCUT2D eigenvalue weighted by molar-refractivity contribution is 9.10. The van der Waals surface area contributed by atoms with Crippen LogP contribution in [0.25, 0.3) is 0 Å². The van der Waals surface area contributed by atoms with E-state index in [4.69, 9.17) is 0 Å². The minimum Gasteiger partial charge on any atom is -0.320 e. The summed E-state index contributed by atoms with van der Waals surface area (Å²) in [5, 5.41) is 6.70. The smallest absolute Gasteiger partial charge is 0.277 e. The molecule has 1 aromatic carbocycles. The van der Waals surface area contributed by atoms with Crippen molar-refractivity contribution in [3.8, 4) is 0 Å². The van der Waals surface area contributed by atoms with Gasteiger partial charge in [-0.2, -0.15) is 5.10 Å². The largest absolute Gasteiger partial charge is 0.320 e. The van der Waals surface area contributed by atoms with Gasteiger partial charge in [0.15, 0.2) is 5.69 Å². The zero-order chi connectivity index (χ0) is 13.1. The molecule has 6 heteroatoms. The van der Waals surface area contributed by atoms with Gasteiger partial charge < -0.3 is 5.32 Å². The Balaban J connectivity index is 2.19. The Kier molecular flexibility index (Phi) is 3.76. The van der Waals surface area contributed by atoms with Gasteiger partial charge in [0.25, 0.3) is 5.91 Å². The van der Waals surface area contributed by atoms with E-state index in [1.165, 1.54) is 18.2 Å². The molecule has 18 heavy (non-hydrogen) atoms. The number of rotatable bonds is 3. The van der Waals surface area contributed by atoms with Gasteiger partial charge >= 0.3 is 0 Å². The Bertz CT molecular complexity index is 582. The van der Waals surface area contributed by atoms with E-state index in [-0.39, 0.29) is 11.6 Å². The summed E-state index contributed by atoms with van der Waals surface area (Å²) in [5.74, 6) is -0.773. The van der Waals surface area contributed by atoms with Crippen LogP contribution in [-0.4, -0.2) is 15.7 Å². The highest BCUT2D eigenvalue weighted by Gasteiger charge is 2.15. The third-order valence-corrected chi connectivity index (χ3v) is 2.92. The molecule has 0 saturated carbocycles. The van der Waals surface area contributed by atoms with E-state index in [2.05, 4.69) is 26.3 Å². The standard InChI is InChI=1S/C12H11BrFN3O/c1-2-17-7-10(13)11(16-17)12(18)15-9-5-3-4-8(14)6-9/h3-7H,2H2,1H3,(H,15,18). The molecule has 0 aliphatic heterocycles. The lowest BCUT2D eigenvalue weighted by atomic mass is 10.3. The molecule has 0 fully saturated rings. The first kappa shape index (κ1) is 12.8. The molecule has 94 valence electrons. The van der Waals surface area contributed by atoms with Crippen molar-refractivity contribution in [3.05, 3.63) is 46.4 Å². The van der Waals surface area contributed by atoms with E-state index in [0.29, 0.717) is 16.7 Å². The van der Waals surface area contributed by atoms with E-state index >= 15 is 0 Å². The van der Waals surface area contributed by atoms with Crippen molar-refractivity contribution in [3.63, 3.8) is 0 Å². The van der Waals surface area contributed by atoms with Crippen LogP contribution >= 0.6 is 15.9 Å². The van der Waals surface area contributed by atoms with Gasteiger partial charge in [0.1, 0.15) is 5.82 Å². The van der Waals surface area contributed by atoms with Crippen molar-refractivity contribution >= 4 is 27.5 Å². The Morgan fingerprint density at radius 3 is 2.94 bits per heavy atom. The second-order valence-corrected chi connectivity index (χ2v) is 4.50. The van der Waals surface area contributed by atoms with Crippen LogP contribution in [0.1, 0.15) is 17.4 Å². The van der Waals surface area contributed by atoms with Crippen LogP contribution < -0.4 is 5.32 Å². The van der Waals surface area contributed by atoms with Crippen LogP contribution in [0.4, 0.5) is 10.1 Å². The van der Waals surface area contributed by atoms with Crippen LogP contribution in [-0.2, 0) is 6.54 Å². The zero-order valence-corrected chi connectivity index (χ0v) is 11.2. The number of halogens is 2. The maximum atomic E-state index is 13.0. The van der Waals surface area contributed by atoms with Gasteiger partial charge in [0, 0.05) is 18.4 Å². The normalized spacial score (nSPS) is 10.4. The van der Waals surface area contributed by atoms with Gasteiger partial charge in [-0.25, -0.2) is 4.39 Å². The number of aromatic nitrogens is 2. The van der Waals surface area contributed by atoms with Gasteiger partial charge in [0.05, 0.1) is 4.47 Å². The lowest BCUT2D eigenvalue weighted by molar-refractivity contribution is 0.102. The highest BCUT2D eigenvalue weighted by atomic mass is 79.9. The summed E-state index contributed by atoms with van der Waals surface area (Å²) in [6.45, 7) is 2.60. The molecule has 0 radical (unpaired) electrons. The first-order valence-electron chi connectivity index (χ1n) is 5.40. The molecule has 2 rings (SSSR count). The summed E-state index contributed by atoms with van der Waals surface area (Å²) < 4.78 is 15.2. The van der Waals surface area contributed by atoms with Crippen LogP contribution in [0.2, 0.25) is 0 Å². The van der Waals surface area contributed by atoms with Gasteiger partial charge in [0.2, 0.25) is 0 Å². The molecule has 0 bridgehead atoms. The predicted molar refractivity (Wildman–Crippen MR) is 70.0 cm³/mol. The van der Waals surface area contributed by atoms with Crippen molar-refractivity contribution in [2.24, 2.45) is 0 Å². The van der Waals surface area contributed by atoms with Crippen LogP contribution in [0.3, 0.4) is 0 Å². The Morgan fingerprint density at radius 2 is 2.33 bits per heavy atom. The molecule has 2 aromatic rings. The summed E-state index contributed by atoms with van der Waals surface area (Å²) in [6.07, 6.45) is 1.72. The monoisotopic (exact) mass is 311 g/mol. The molecule has 0 atom stereocenters. The second-order valence-electron chi connectivity index (χ2n) is 3.65. The first-order chi connectivity index (χ1) is 8.60. The van der Waals surface area contributed by atoms with Gasteiger partial charge in [-0.05, 0) is 41.1 Å². The Morgan fingerprint density at radius 1 is 1.56 bits per heavy atom. The van der Waals surface area contributed by atoms with E-state index in [1.54, 1.807) is 16.9 Å². The van der Waals surface area contributed by atoms with E-state index < -0.39 is 5.82 Å². The number of hydrogen-bond donors (Lipinski definition) is 1. The lowest BCUT2D eigenvalue weighted by Gasteiger charge is -2.03. The molecule has 1 amide bonds. The number of carbonyl (C=O) groups is 1. The molecular formula is C12H11BrFN3O. The fraction of sp³-hybridized carbons (Fsp3) is 0.167. The van der Waals surface area contributed by atoms with Gasteiger partial charge in [-0.15, -0.1) is 0 Å². The molecule has 1 aromatic heterocycles. The molecule has 0 unspecified atom stereocenters. The number of nitrogens with one attached hydrogen (secondary N) is 1.